The smallest absolute Gasteiger partial charge is 0.309 e. The zero-order chi connectivity index (χ0) is 26.1. The molecule has 0 spiro atoms. The van der Waals surface area contributed by atoms with E-state index in [4.69, 9.17) is 25.8 Å². The molecule has 0 atom stereocenters. The fourth-order valence-electron chi connectivity index (χ4n) is 5.37. The Bertz CT molecular complexity index is 1360. The van der Waals surface area contributed by atoms with Crippen molar-refractivity contribution in [2.24, 2.45) is 11.8 Å². The second kappa shape index (κ2) is 11.0. The SMILES string of the molecule is CCOC(=O)C1CCN(CC2=Cc3ccc(OCc4ccc5c(c4)c(Cl)nn5CC4CC4)cc3OC2)CC1. The van der Waals surface area contributed by atoms with Gasteiger partial charge in [0.25, 0.3) is 0 Å². The molecular formula is C30H34ClN3O4. The molecule has 6 rings (SSSR count). The van der Waals surface area contributed by atoms with Gasteiger partial charge in [0, 0.05) is 30.1 Å². The van der Waals surface area contributed by atoms with Gasteiger partial charge in [0.2, 0.25) is 0 Å². The van der Waals surface area contributed by atoms with Gasteiger partial charge in [-0.3, -0.25) is 14.4 Å². The first-order valence-electron chi connectivity index (χ1n) is 13.7. The summed E-state index contributed by atoms with van der Waals surface area (Å²) < 4.78 is 19.4. The third-order valence-electron chi connectivity index (χ3n) is 7.70. The fourth-order valence-corrected chi connectivity index (χ4v) is 5.62. The summed E-state index contributed by atoms with van der Waals surface area (Å²) in [5.41, 5.74) is 4.45. The van der Waals surface area contributed by atoms with E-state index >= 15 is 0 Å². The van der Waals surface area contributed by atoms with E-state index in [-0.39, 0.29) is 11.9 Å². The van der Waals surface area contributed by atoms with Crippen LogP contribution >= 0.6 is 11.6 Å². The predicted molar refractivity (Wildman–Crippen MR) is 148 cm³/mol. The van der Waals surface area contributed by atoms with Crippen molar-refractivity contribution in [1.29, 1.82) is 0 Å². The molecule has 7 nitrogen and oxygen atoms in total. The molecule has 0 bridgehead atoms. The van der Waals surface area contributed by atoms with Crippen LogP contribution in [0.15, 0.2) is 42.0 Å². The maximum Gasteiger partial charge on any atom is 0.309 e. The quantitative estimate of drug-likeness (QED) is 0.326. The van der Waals surface area contributed by atoms with Gasteiger partial charge in [-0.1, -0.05) is 17.7 Å². The highest BCUT2D eigenvalue weighted by Gasteiger charge is 2.27. The molecule has 200 valence electrons. The van der Waals surface area contributed by atoms with Gasteiger partial charge in [-0.15, -0.1) is 0 Å². The Morgan fingerprint density at radius 2 is 1.97 bits per heavy atom. The summed E-state index contributed by atoms with van der Waals surface area (Å²) in [6.45, 7) is 6.92. The maximum atomic E-state index is 12.0. The molecule has 3 heterocycles. The van der Waals surface area contributed by atoms with Crippen LogP contribution in [0.2, 0.25) is 5.15 Å². The summed E-state index contributed by atoms with van der Waals surface area (Å²) >= 11 is 6.44. The number of nitrogens with zero attached hydrogens (tertiary/aromatic N) is 3. The first-order valence-corrected chi connectivity index (χ1v) is 14.1. The number of fused-ring (bicyclic) bond motifs is 2. The number of hydrogen-bond donors (Lipinski definition) is 0. The number of benzene rings is 2. The topological polar surface area (TPSA) is 65.8 Å². The fraction of sp³-hybridized carbons (Fsp3) is 0.467. The average molecular weight is 536 g/mol. The molecule has 2 aromatic carbocycles. The second-order valence-electron chi connectivity index (χ2n) is 10.6. The minimum Gasteiger partial charge on any atom is -0.489 e. The monoisotopic (exact) mass is 535 g/mol. The van der Waals surface area contributed by atoms with E-state index in [1.165, 1.54) is 18.4 Å². The van der Waals surface area contributed by atoms with Crippen LogP contribution in [0.25, 0.3) is 17.0 Å². The standard InChI is InChI=1S/C30H34ClN3O4/c1-2-36-30(35)23-9-11-33(12-10-23)16-22-13-24-6-7-25(15-28(24)38-19-22)37-18-21-5-8-27-26(14-21)29(31)32-34(27)17-20-3-4-20/h5-8,13-15,20,23H,2-4,9-12,16-19H2,1H3. The van der Waals surface area contributed by atoms with E-state index in [0.29, 0.717) is 25.0 Å². The van der Waals surface area contributed by atoms with E-state index in [2.05, 4.69) is 40.3 Å². The van der Waals surface area contributed by atoms with E-state index in [1.807, 2.05) is 23.7 Å². The average Bonchev–Trinajstić information content (AvgIpc) is 3.70. The Labute approximate surface area is 228 Å². The van der Waals surface area contributed by atoms with E-state index in [0.717, 1.165) is 78.5 Å². The molecule has 1 aliphatic carbocycles. The minimum atomic E-state index is -0.0522. The van der Waals surface area contributed by atoms with Gasteiger partial charge in [-0.2, -0.15) is 5.10 Å². The Balaban J connectivity index is 1.05. The number of likely N-dealkylation sites (tertiary alicyclic amines) is 1. The lowest BCUT2D eigenvalue weighted by Crippen LogP contribution is -2.38. The van der Waals surface area contributed by atoms with Crippen molar-refractivity contribution >= 4 is 34.5 Å². The lowest BCUT2D eigenvalue weighted by molar-refractivity contribution is -0.149. The number of ether oxygens (including phenoxy) is 3. The molecule has 3 aliphatic rings. The summed E-state index contributed by atoms with van der Waals surface area (Å²) in [6.07, 6.45) is 6.49. The minimum absolute atomic E-state index is 0.0332. The summed E-state index contributed by atoms with van der Waals surface area (Å²) in [7, 11) is 0. The molecule has 38 heavy (non-hydrogen) atoms. The number of carbonyl (C=O) groups is 1. The van der Waals surface area contributed by atoms with E-state index in [1.54, 1.807) is 0 Å². The summed E-state index contributed by atoms with van der Waals surface area (Å²) in [6, 6.07) is 12.3. The van der Waals surface area contributed by atoms with Crippen molar-refractivity contribution < 1.29 is 19.0 Å². The molecule has 2 aliphatic heterocycles. The highest BCUT2D eigenvalue weighted by atomic mass is 35.5. The molecule has 3 aromatic rings. The molecule has 2 fully saturated rings. The third kappa shape index (κ3) is 5.69. The first kappa shape index (κ1) is 25.3. The second-order valence-corrected chi connectivity index (χ2v) is 11.0. The number of rotatable bonds is 9. The van der Waals surface area contributed by atoms with Gasteiger partial charge < -0.3 is 14.2 Å². The Morgan fingerprint density at radius 1 is 1.13 bits per heavy atom. The van der Waals surface area contributed by atoms with Gasteiger partial charge in [0.05, 0.1) is 18.0 Å². The highest BCUT2D eigenvalue weighted by Crippen LogP contribution is 2.34. The van der Waals surface area contributed by atoms with Crippen molar-refractivity contribution in [3.8, 4) is 11.5 Å². The van der Waals surface area contributed by atoms with Crippen LogP contribution in [0, 0.1) is 11.8 Å². The lowest BCUT2D eigenvalue weighted by Gasteiger charge is -2.32. The largest absolute Gasteiger partial charge is 0.489 e. The van der Waals surface area contributed by atoms with Crippen molar-refractivity contribution in [2.75, 3.05) is 32.8 Å². The number of aromatic nitrogens is 2. The van der Waals surface area contributed by atoms with Crippen molar-refractivity contribution in [1.82, 2.24) is 14.7 Å². The Hall–Kier alpha value is -3.03. The number of carbonyl (C=O) groups excluding carboxylic acids is 1. The van der Waals surface area contributed by atoms with Crippen LogP contribution in [0.3, 0.4) is 0 Å². The van der Waals surface area contributed by atoms with E-state index < -0.39 is 0 Å². The molecule has 0 unspecified atom stereocenters. The lowest BCUT2D eigenvalue weighted by atomic mass is 9.96. The summed E-state index contributed by atoms with van der Waals surface area (Å²) in [5, 5.41) is 6.06. The molecule has 0 N–H and O–H groups in total. The van der Waals surface area contributed by atoms with Crippen molar-refractivity contribution in [3.05, 3.63) is 58.3 Å². The number of halogens is 1. The summed E-state index contributed by atoms with van der Waals surface area (Å²) in [4.78, 5) is 14.4. The van der Waals surface area contributed by atoms with Crippen LogP contribution < -0.4 is 9.47 Å². The molecule has 0 radical (unpaired) electrons. The predicted octanol–water partition coefficient (Wildman–Crippen LogP) is 5.73. The maximum absolute atomic E-state index is 12.0. The molecule has 8 heteroatoms. The van der Waals surface area contributed by atoms with Crippen LogP contribution in [0.1, 0.15) is 43.7 Å². The zero-order valence-corrected chi connectivity index (χ0v) is 22.6. The Kier molecular flexibility index (Phi) is 7.30. The van der Waals surface area contributed by atoms with Crippen LogP contribution in [0.4, 0.5) is 0 Å². The summed E-state index contributed by atoms with van der Waals surface area (Å²) in [5.74, 6) is 2.34. The number of esters is 1. The van der Waals surface area contributed by atoms with Crippen LogP contribution in [-0.2, 0) is 22.7 Å². The molecule has 1 saturated carbocycles. The molecule has 1 saturated heterocycles. The van der Waals surface area contributed by atoms with Crippen LogP contribution in [0.5, 0.6) is 11.5 Å². The van der Waals surface area contributed by atoms with Crippen molar-refractivity contribution in [2.45, 2.75) is 45.8 Å². The first-order chi connectivity index (χ1) is 18.6. The molecule has 0 amide bonds. The van der Waals surface area contributed by atoms with Gasteiger partial charge in [-0.05, 0) is 93.1 Å². The van der Waals surface area contributed by atoms with Crippen molar-refractivity contribution in [3.63, 3.8) is 0 Å². The van der Waals surface area contributed by atoms with E-state index in [9.17, 15) is 4.79 Å². The number of piperidine rings is 1. The van der Waals surface area contributed by atoms with Crippen LogP contribution in [-0.4, -0.2) is 53.5 Å². The Morgan fingerprint density at radius 3 is 2.76 bits per heavy atom. The highest BCUT2D eigenvalue weighted by molar-refractivity contribution is 6.34. The molecule has 1 aromatic heterocycles. The van der Waals surface area contributed by atoms with Gasteiger partial charge in [0.15, 0.2) is 5.15 Å². The zero-order valence-electron chi connectivity index (χ0n) is 21.8. The third-order valence-corrected chi connectivity index (χ3v) is 7.97. The van der Waals surface area contributed by atoms with Gasteiger partial charge >= 0.3 is 5.97 Å². The normalized spacial score (nSPS) is 18.1. The van der Waals surface area contributed by atoms with Gasteiger partial charge in [0.1, 0.15) is 24.7 Å². The van der Waals surface area contributed by atoms with Gasteiger partial charge in [-0.25, -0.2) is 0 Å². The number of hydrogen-bond acceptors (Lipinski definition) is 6. The molecular weight excluding hydrogens is 502 g/mol.